The zero-order valence-electron chi connectivity index (χ0n) is 6.39. The lowest BCUT2D eigenvalue weighted by Gasteiger charge is -2.30. The van der Waals surface area contributed by atoms with E-state index in [1.54, 1.807) is 0 Å². The highest BCUT2D eigenvalue weighted by Gasteiger charge is 2.35. The summed E-state index contributed by atoms with van der Waals surface area (Å²) < 4.78 is 27.2. The summed E-state index contributed by atoms with van der Waals surface area (Å²) >= 11 is 3.54. The smallest absolute Gasteiger partial charge is 0.324 e. The maximum Gasteiger partial charge on any atom is 0.327 e. The number of nitrogens with one attached hydrogen (secondary N) is 1. The van der Waals surface area contributed by atoms with Gasteiger partial charge in [-0.25, -0.2) is 13.6 Å². The average Bonchev–Trinajstić information content (AvgIpc) is 2.03. The molecule has 6 heteroatoms. The molecule has 0 saturated carbocycles. The highest BCUT2D eigenvalue weighted by atomic mass is 32.1. The maximum absolute atomic E-state index is 12.6. The molecule has 0 radical (unpaired) electrons. The van der Waals surface area contributed by atoms with Gasteiger partial charge in [-0.05, 0) is 0 Å². The molecule has 1 saturated heterocycles. The zero-order valence-corrected chi connectivity index (χ0v) is 7.28. The number of halogens is 2. The molecule has 3 nitrogen and oxygen atoms in total. The van der Waals surface area contributed by atoms with Crippen LogP contribution < -0.4 is 4.72 Å². The molecular weight excluding hydrogens is 186 g/mol. The van der Waals surface area contributed by atoms with Crippen molar-refractivity contribution in [3.63, 3.8) is 0 Å². The Morgan fingerprint density at radius 1 is 1.42 bits per heavy atom. The molecule has 2 amide bonds. The Labute approximate surface area is 74.7 Å². The summed E-state index contributed by atoms with van der Waals surface area (Å²) in [4.78, 5) is 12.2. The molecule has 0 aromatic heterocycles. The van der Waals surface area contributed by atoms with E-state index in [2.05, 4.69) is 17.5 Å². The molecule has 1 aliphatic heterocycles. The van der Waals surface area contributed by atoms with Crippen LogP contribution in [0, 0.1) is 0 Å². The van der Waals surface area contributed by atoms with E-state index in [0.29, 0.717) is 0 Å². The second kappa shape index (κ2) is 3.47. The van der Waals surface area contributed by atoms with Crippen molar-refractivity contribution in [3.05, 3.63) is 0 Å². The zero-order chi connectivity index (χ0) is 9.19. The van der Waals surface area contributed by atoms with Crippen LogP contribution in [0.4, 0.5) is 13.6 Å². The largest absolute Gasteiger partial charge is 0.327 e. The molecule has 70 valence electrons. The predicted molar refractivity (Wildman–Crippen MR) is 43.3 cm³/mol. The Kier molecular flexibility index (Phi) is 2.76. The molecule has 1 rings (SSSR count). The number of amides is 2. The van der Waals surface area contributed by atoms with Gasteiger partial charge in [0.2, 0.25) is 0 Å². The van der Waals surface area contributed by atoms with Gasteiger partial charge in [0.05, 0.1) is 0 Å². The SMILES string of the molecule is O=C(NS)N1CCC(F)(F)CC1. The van der Waals surface area contributed by atoms with Gasteiger partial charge in [-0.1, -0.05) is 12.8 Å². The van der Waals surface area contributed by atoms with Crippen LogP contribution in [-0.2, 0) is 0 Å². The van der Waals surface area contributed by atoms with Crippen LogP contribution in [0.25, 0.3) is 0 Å². The highest BCUT2D eigenvalue weighted by Crippen LogP contribution is 2.27. The number of rotatable bonds is 0. The third kappa shape index (κ3) is 2.23. The Balaban J connectivity index is 2.41. The molecule has 1 aliphatic rings. The molecule has 1 fully saturated rings. The molecule has 0 atom stereocenters. The number of urea groups is 1. The van der Waals surface area contributed by atoms with Gasteiger partial charge >= 0.3 is 6.03 Å². The van der Waals surface area contributed by atoms with Crippen molar-refractivity contribution in [1.82, 2.24) is 9.62 Å². The lowest BCUT2D eigenvalue weighted by molar-refractivity contribution is -0.0465. The minimum absolute atomic E-state index is 0.0966. The van der Waals surface area contributed by atoms with Crippen LogP contribution in [-0.4, -0.2) is 29.9 Å². The fourth-order valence-electron chi connectivity index (χ4n) is 1.11. The maximum atomic E-state index is 12.6. The molecule has 12 heavy (non-hydrogen) atoms. The predicted octanol–water partition coefficient (Wildman–Crippen LogP) is 1.27. The number of carbonyl (C=O) groups is 1. The van der Waals surface area contributed by atoms with E-state index in [1.165, 1.54) is 4.90 Å². The van der Waals surface area contributed by atoms with Crippen LogP contribution in [0.15, 0.2) is 0 Å². The second-order valence-corrected chi connectivity index (χ2v) is 2.98. The van der Waals surface area contributed by atoms with E-state index < -0.39 is 12.0 Å². The van der Waals surface area contributed by atoms with Crippen molar-refractivity contribution in [1.29, 1.82) is 0 Å². The van der Waals surface area contributed by atoms with E-state index in [0.717, 1.165) is 0 Å². The van der Waals surface area contributed by atoms with Gasteiger partial charge < -0.3 is 4.90 Å². The van der Waals surface area contributed by atoms with Crippen LogP contribution in [0.5, 0.6) is 0 Å². The molecule has 0 spiro atoms. The first kappa shape index (κ1) is 9.57. The van der Waals surface area contributed by atoms with E-state index in [-0.39, 0.29) is 25.9 Å². The molecule has 1 heterocycles. The summed E-state index contributed by atoms with van der Waals surface area (Å²) in [6, 6.07) is -0.408. The molecule has 0 bridgehead atoms. The van der Waals surface area contributed by atoms with Crippen LogP contribution in [0.1, 0.15) is 12.8 Å². The first-order valence-corrected chi connectivity index (χ1v) is 4.07. The Hall–Kier alpha value is -0.520. The van der Waals surface area contributed by atoms with Crippen molar-refractivity contribution in [3.8, 4) is 0 Å². The van der Waals surface area contributed by atoms with Crippen LogP contribution >= 0.6 is 12.8 Å². The van der Waals surface area contributed by atoms with Gasteiger partial charge in [0, 0.05) is 25.9 Å². The Morgan fingerprint density at radius 3 is 2.33 bits per heavy atom. The van der Waals surface area contributed by atoms with Crippen LogP contribution in [0.2, 0.25) is 0 Å². The van der Waals surface area contributed by atoms with E-state index in [4.69, 9.17) is 0 Å². The van der Waals surface area contributed by atoms with Gasteiger partial charge in [0.1, 0.15) is 0 Å². The number of nitrogens with zero attached hydrogens (tertiary/aromatic N) is 1. The third-order valence-corrected chi connectivity index (χ3v) is 2.07. The number of hydrogen-bond donors (Lipinski definition) is 2. The number of thiol groups is 1. The van der Waals surface area contributed by atoms with Gasteiger partial charge in [-0.15, -0.1) is 0 Å². The Bertz CT molecular complexity index is 178. The molecule has 1 N–H and O–H groups in total. The number of hydrogen-bond acceptors (Lipinski definition) is 2. The standard InChI is InChI=1S/C6H10F2N2OS/c7-6(8)1-3-10(4-2-6)5(11)9-12/h12H,1-4H2,(H,9,11). The van der Waals surface area contributed by atoms with E-state index in [9.17, 15) is 13.6 Å². The van der Waals surface area contributed by atoms with Crippen LogP contribution in [0.3, 0.4) is 0 Å². The first-order chi connectivity index (χ1) is 5.55. The second-order valence-electron chi connectivity index (χ2n) is 2.76. The lowest BCUT2D eigenvalue weighted by Crippen LogP contribution is -2.45. The first-order valence-electron chi connectivity index (χ1n) is 3.62. The van der Waals surface area contributed by atoms with Crippen molar-refractivity contribution >= 4 is 18.8 Å². The van der Waals surface area contributed by atoms with Gasteiger partial charge in [-0.3, -0.25) is 4.72 Å². The number of likely N-dealkylation sites (tertiary alicyclic amines) is 1. The summed E-state index contributed by atoms with van der Waals surface area (Å²) in [5.74, 6) is -2.60. The normalized spacial score (nSPS) is 22.1. The third-order valence-electron chi connectivity index (χ3n) is 1.88. The van der Waals surface area contributed by atoms with Gasteiger partial charge in [0.25, 0.3) is 5.92 Å². The topological polar surface area (TPSA) is 32.3 Å². The van der Waals surface area contributed by atoms with Crippen molar-refractivity contribution in [2.24, 2.45) is 0 Å². The van der Waals surface area contributed by atoms with Crippen molar-refractivity contribution in [2.45, 2.75) is 18.8 Å². The average molecular weight is 196 g/mol. The summed E-state index contributed by atoms with van der Waals surface area (Å²) in [5.41, 5.74) is 0. The summed E-state index contributed by atoms with van der Waals surface area (Å²) in [6.07, 6.45) is -0.512. The van der Waals surface area contributed by atoms with E-state index in [1.807, 2.05) is 0 Å². The summed E-state index contributed by atoms with van der Waals surface area (Å²) in [7, 11) is 0. The molecular formula is C6H10F2N2OS. The lowest BCUT2D eigenvalue weighted by atomic mass is 10.1. The summed E-state index contributed by atoms with van der Waals surface area (Å²) in [5, 5.41) is 0. The number of carbonyl (C=O) groups excluding carboxylic acids is 1. The fraction of sp³-hybridized carbons (Fsp3) is 0.833. The quantitative estimate of drug-likeness (QED) is 0.562. The number of piperidine rings is 1. The van der Waals surface area contributed by atoms with Gasteiger partial charge in [-0.2, -0.15) is 0 Å². The van der Waals surface area contributed by atoms with Gasteiger partial charge in [0.15, 0.2) is 0 Å². The summed E-state index contributed by atoms with van der Waals surface area (Å²) in [6.45, 7) is 0.193. The molecule has 0 unspecified atom stereocenters. The number of alkyl halides is 2. The van der Waals surface area contributed by atoms with Crippen molar-refractivity contribution in [2.75, 3.05) is 13.1 Å². The monoisotopic (exact) mass is 196 g/mol. The molecule has 0 aliphatic carbocycles. The fourth-order valence-corrected chi connectivity index (χ4v) is 1.25. The minimum Gasteiger partial charge on any atom is -0.324 e. The highest BCUT2D eigenvalue weighted by molar-refractivity contribution is 7.78. The minimum atomic E-state index is -2.60. The van der Waals surface area contributed by atoms with E-state index >= 15 is 0 Å². The van der Waals surface area contributed by atoms with Crippen molar-refractivity contribution < 1.29 is 13.6 Å². The molecule has 0 aromatic rings. The molecule has 0 aromatic carbocycles. The Morgan fingerprint density at radius 2 is 1.92 bits per heavy atom.